The molecule has 0 unspecified atom stereocenters. The molecule has 20 heavy (non-hydrogen) atoms. The van der Waals surface area contributed by atoms with Crippen LogP contribution in [0.3, 0.4) is 0 Å². The van der Waals surface area contributed by atoms with Gasteiger partial charge in [-0.25, -0.2) is 4.98 Å². The smallest absolute Gasteiger partial charge is 0.137 e. The van der Waals surface area contributed by atoms with E-state index in [-0.39, 0.29) is 0 Å². The number of rotatable bonds is 3. The Bertz CT molecular complexity index is 759. The van der Waals surface area contributed by atoms with Crippen molar-refractivity contribution in [1.82, 2.24) is 9.38 Å². The molecule has 0 saturated carbocycles. The van der Waals surface area contributed by atoms with Crippen molar-refractivity contribution < 1.29 is 0 Å². The van der Waals surface area contributed by atoms with Crippen molar-refractivity contribution in [1.29, 1.82) is 0 Å². The molecule has 3 aromatic rings. The molecule has 0 aliphatic carbocycles. The van der Waals surface area contributed by atoms with Crippen molar-refractivity contribution in [2.24, 2.45) is 0 Å². The van der Waals surface area contributed by atoms with Gasteiger partial charge in [0.2, 0.25) is 0 Å². The predicted octanol–water partition coefficient (Wildman–Crippen LogP) is 4.55. The van der Waals surface area contributed by atoms with Crippen molar-refractivity contribution in [3.63, 3.8) is 0 Å². The zero-order chi connectivity index (χ0) is 14.1. The van der Waals surface area contributed by atoms with Gasteiger partial charge in [-0.3, -0.25) is 0 Å². The number of thioether (sulfide) groups is 1. The fraction of sp³-hybridized carbons (Fsp3) is 0.235. The molecular formula is C17H18N2S. The number of aromatic nitrogens is 2. The molecule has 0 spiro atoms. The topological polar surface area (TPSA) is 17.3 Å². The van der Waals surface area contributed by atoms with Gasteiger partial charge in [-0.1, -0.05) is 12.1 Å². The first-order valence-corrected chi connectivity index (χ1v) is 7.76. The number of hydrogen-bond donors (Lipinski definition) is 0. The number of aryl methyl sites for hydroxylation is 3. The fourth-order valence-corrected chi connectivity index (χ4v) is 3.11. The van der Waals surface area contributed by atoms with Crippen LogP contribution >= 0.6 is 11.8 Å². The van der Waals surface area contributed by atoms with Gasteiger partial charge in [0.15, 0.2) is 0 Å². The molecule has 2 heterocycles. The van der Waals surface area contributed by atoms with Gasteiger partial charge < -0.3 is 4.40 Å². The van der Waals surface area contributed by atoms with Gasteiger partial charge in [0.25, 0.3) is 0 Å². The molecule has 2 aromatic heterocycles. The molecule has 0 bridgehead atoms. The average molecular weight is 282 g/mol. The minimum atomic E-state index is 0.906. The first-order chi connectivity index (χ1) is 9.63. The van der Waals surface area contributed by atoms with E-state index in [0.29, 0.717) is 0 Å². The Hall–Kier alpha value is -1.74. The van der Waals surface area contributed by atoms with Gasteiger partial charge in [0.1, 0.15) is 5.65 Å². The Balaban J connectivity index is 1.79. The third-order valence-electron chi connectivity index (χ3n) is 3.61. The molecule has 3 heteroatoms. The lowest BCUT2D eigenvalue weighted by atomic mass is 10.1. The molecular weight excluding hydrogens is 264 g/mol. The van der Waals surface area contributed by atoms with Crippen molar-refractivity contribution in [2.45, 2.75) is 31.4 Å². The van der Waals surface area contributed by atoms with Crippen LogP contribution in [0.5, 0.6) is 0 Å². The summed E-state index contributed by atoms with van der Waals surface area (Å²) in [7, 11) is 0. The second kappa shape index (κ2) is 5.33. The first-order valence-electron chi connectivity index (χ1n) is 6.77. The summed E-state index contributed by atoms with van der Waals surface area (Å²) in [6, 6.07) is 12.8. The number of benzene rings is 1. The molecule has 0 N–H and O–H groups in total. The highest BCUT2D eigenvalue weighted by Crippen LogP contribution is 2.24. The summed E-state index contributed by atoms with van der Waals surface area (Å²) in [5, 5.41) is 0. The van der Waals surface area contributed by atoms with Crippen LogP contribution in [-0.2, 0) is 5.75 Å². The van der Waals surface area contributed by atoms with E-state index in [1.165, 1.54) is 21.7 Å². The lowest BCUT2D eigenvalue weighted by Crippen LogP contribution is -1.86. The molecule has 0 atom stereocenters. The Kier molecular flexibility index (Phi) is 3.53. The van der Waals surface area contributed by atoms with Gasteiger partial charge in [0.05, 0.1) is 5.69 Å². The Morgan fingerprint density at radius 1 is 1.05 bits per heavy atom. The molecule has 0 aliphatic rings. The van der Waals surface area contributed by atoms with Crippen LogP contribution in [0.2, 0.25) is 0 Å². The summed E-state index contributed by atoms with van der Waals surface area (Å²) in [4.78, 5) is 5.98. The molecule has 1 aromatic carbocycles. The van der Waals surface area contributed by atoms with Crippen molar-refractivity contribution in [3.05, 3.63) is 65.1 Å². The van der Waals surface area contributed by atoms with E-state index in [1.807, 2.05) is 11.8 Å². The third-order valence-corrected chi connectivity index (χ3v) is 4.64. The molecule has 2 nitrogen and oxygen atoms in total. The monoisotopic (exact) mass is 282 g/mol. The fourth-order valence-electron chi connectivity index (χ4n) is 2.23. The molecule has 0 saturated heterocycles. The van der Waals surface area contributed by atoms with Gasteiger partial charge >= 0.3 is 0 Å². The maximum atomic E-state index is 4.67. The third kappa shape index (κ3) is 2.59. The number of fused-ring (bicyclic) bond motifs is 1. The summed E-state index contributed by atoms with van der Waals surface area (Å²) < 4.78 is 2.15. The van der Waals surface area contributed by atoms with Crippen LogP contribution in [0, 0.1) is 20.8 Å². The van der Waals surface area contributed by atoms with E-state index < -0.39 is 0 Å². The second-order valence-electron chi connectivity index (χ2n) is 5.16. The summed E-state index contributed by atoms with van der Waals surface area (Å²) in [5.41, 5.74) is 6.07. The van der Waals surface area contributed by atoms with Gasteiger partial charge in [0, 0.05) is 22.5 Å². The van der Waals surface area contributed by atoms with E-state index >= 15 is 0 Å². The standard InChI is InChI=1S/C17H18N2S/c1-12-7-8-16(9-13(12)2)20-11-15-10-19-14(3)5-4-6-17(19)18-15/h4-10H,11H2,1-3H3. The first kappa shape index (κ1) is 13.3. The van der Waals surface area contributed by atoms with Crippen molar-refractivity contribution in [3.8, 4) is 0 Å². The number of nitrogens with zero attached hydrogens (tertiary/aromatic N) is 2. The number of imidazole rings is 1. The summed E-state index contributed by atoms with van der Waals surface area (Å²) in [6.45, 7) is 6.41. The Labute approximate surface area is 123 Å². The predicted molar refractivity (Wildman–Crippen MR) is 85.4 cm³/mol. The van der Waals surface area contributed by atoms with E-state index in [0.717, 1.165) is 17.1 Å². The minimum absolute atomic E-state index is 0.906. The maximum absolute atomic E-state index is 4.67. The van der Waals surface area contributed by atoms with Crippen LogP contribution in [0.15, 0.2) is 47.5 Å². The highest BCUT2D eigenvalue weighted by atomic mass is 32.2. The number of hydrogen-bond acceptors (Lipinski definition) is 2. The van der Waals surface area contributed by atoms with Gasteiger partial charge in [-0.15, -0.1) is 11.8 Å². The van der Waals surface area contributed by atoms with Crippen molar-refractivity contribution in [2.75, 3.05) is 0 Å². The molecule has 0 aliphatic heterocycles. The molecule has 102 valence electrons. The summed E-state index contributed by atoms with van der Waals surface area (Å²) >= 11 is 1.84. The lowest BCUT2D eigenvalue weighted by molar-refractivity contribution is 1.09. The zero-order valence-corrected chi connectivity index (χ0v) is 12.9. The molecule has 3 rings (SSSR count). The zero-order valence-electron chi connectivity index (χ0n) is 12.1. The van der Waals surface area contributed by atoms with Crippen molar-refractivity contribution >= 4 is 17.4 Å². The number of pyridine rings is 1. The van der Waals surface area contributed by atoms with Gasteiger partial charge in [-0.05, 0) is 56.2 Å². The van der Waals surface area contributed by atoms with E-state index in [1.54, 1.807) is 0 Å². The summed E-state index contributed by atoms with van der Waals surface area (Å²) in [6.07, 6.45) is 2.14. The normalized spacial score (nSPS) is 11.2. The van der Waals surface area contributed by atoms with Crippen LogP contribution in [0.1, 0.15) is 22.5 Å². The quantitative estimate of drug-likeness (QED) is 0.656. The minimum Gasteiger partial charge on any atom is -0.304 e. The average Bonchev–Trinajstić information content (AvgIpc) is 2.85. The molecule has 0 amide bonds. The Morgan fingerprint density at radius 3 is 2.65 bits per heavy atom. The SMILES string of the molecule is Cc1ccc(SCc2cn3c(C)cccc3n2)cc1C. The maximum Gasteiger partial charge on any atom is 0.137 e. The largest absolute Gasteiger partial charge is 0.304 e. The highest BCUT2D eigenvalue weighted by molar-refractivity contribution is 7.98. The molecule has 0 radical (unpaired) electrons. The van der Waals surface area contributed by atoms with Crippen LogP contribution < -0.4 is 0 Å². The van der Waals surface area contributed by atoms with E-state index in [4.69, 9.17) is 0 Å². The summed E-state index contributed by atoms with van der Waals surface area (Å²) in [5.74, 6) is 0.906. The lowest BCUT2D eigenvalue weighted by Gasteiger charge is -2.03. The van der Waals surface area contributed by atoms with E-state index in [2.05, 4.69) is 72.8 Å². The van der Waals surface area contributed by atoms with Crippen LogP contribution in [-0.4, -0.2) is 9.38 Å². The highest BCUT2D eigenvalue weighted by Gasteiger charge is 2.04. The van der Waals surface area contributed by atoms with E-state index in [9.17, 15) is 0 Å². The molecule has 0 fully saturated rings. The van der Waals surface area contributed by atoms with Crippen LogP contribution in [0.25, 0.3) is 5.65 Å². The second-order valence-corrected chi connectivity index (χ2v) is 6.21. The van der Waals surface area contributed by atoms with Crippen LogP contribution in [0.4, 0.5) is 0 Å². The Morgan fingerprint density at radius 2 is 1.90 bits per heavy atom. The van der Waals surface area contributed by atoms with Gasteiger partial charge in [-0.2, -0.15) is 0 Å².